The number of carbonyl (C=O) groups excluding carboxylic acids is 3. The average molecular weight is 449 g/mol. The van der Waals surface area contributed by atoms with E-state index in [0.29, 0.717) is 23.5 Å². The van der Waals surface area contributed by atoms with Gasteiger partial charge in [0, 0.05) is 23.2 Å². The highest BCUT2D eigenvalue weighted by Gasteiger charge is 2.22. The molecule has 0 bridgehead atoms. The van der Waals surface area contributed by atoms with Crippen LogP contribution >= 0.6 is 11.8 Å². The van der Waals surface area contributed by atoms with Crippen molar-refractivity contribution in [2.45, 2.75) is 24.0 Å². The van der Waals surface area contributed by atoms with Crippen molar-refractivity contribution >= 4 is 40.9 Å². The van der Waals surface area contributed by atoms with Crippen molar-refractivity contribution in [3.63, 3.8) is 0 Å². The van der Waals surface area contributed by atoms with Gasteiger partial charge in [-0.15, -0.1) is 11.8 Å². The van der Waals surface area contributed by atoms with E-state index in [2.05, 4.69) is 10.6 Å². The fourth-order valence-corrected chi connectivity index (χ4v) is 4.08. The first-order chi connectivity index (χ1) is 15.5. The molecule has 0 aliphatic carbocycles. The van der Waals surface area contributed by atoms with E-state index in [0.717, 1.165) is 10.5 Å². The molecule has 6 nitrogen and oxygen atoms in total. The molecule has 0 spiro atoms. The summed E-state index contributed by atoms with van der Waals surface area (Å²) in [6, 6.07) is 23.4. The summed E-state index contributed by atoms with van der Waals surface area (Å²) in [7, 11) is 0. The molecule has 0 aliphatic rings. The molecular formula is C25H24N2O4S. The third kappa shape index (κ3) is 6.46. The normalized spacial score (nSPS) is 11.3. The van der Waals surface area contributed by atoms with Crippen LogP contribution in [-0.2, 0) is 14.3 Å². The second-order valence-corrected chi connectivity index (χ2v) is 8.08. The Morgan fingerprint density at radius 3 is 2.25 bits per heavy atom. The van der Waals surface area contributed by atoms with Crippen LogP contribution < -0.4 is 10.6 Å². The standard InChI is InChI=1S/C25H24N2O4S/c1-3-31-25(30)19-12-14-20(15-13-19)27-24(29)23(18-8-5-4-6-9-18)32-22-11-7-10-21(16-22)26-17(2)28/h4-16,23H,3H2,1-2H3,(H,26,28)(H,27,29). The van der Waals surface area contributed by atoms with Crippen LogP contribution in [0.25, 0.3) is 0 Å². The summed E-state index contributed by atoms with van der Waals surface area (Å²) in [6.07, 6.45) is 0. The van der Waals surface area contributed by atoms with Gasteiger partial charge in [-0.25, -0.2) is 4.79 Å². The lowest BCUT2D eigenvalue weighted by molar-refractivity contribution is -0.116. The molecule has 1 unspecified atom stereocenters. The first-order valence-corrected chi connectivity index (χ1v) is 11.0. The average Bonchev–Trinajstić information content (AvgIpc) is 2.78. The van der Waals surface area contributed by atoms with Crippen molar-refractivity contribution in [1.82, 2.24) is 0 Å². The zero-order valence-corrected chi connectivity index (χ0v) is 18.6. The maximum absolute atomic E-state index is 13.2. The minimum absolute atomic E-state index is 0.157. The summed E-state index contributed by atoms with van der Waals surface area (Å²) in [5.41, 5.74) is 2.53. The highest BCUT2D eigenvalue weighted by molar-refractivity contribution is 8.00. The highest BCUT2D eigenvalue weighted by atomic mass is 32.2. The molecule has 0 aliphatic heterocycles. The topological polar surface area (TPSA) is 84.5 Å². The third-order valence-corrected chi connectivity index (χ3v) is 5.66. The fraction of sp³-hybridized carbons (Fsp3) is 0.160. The first-order valence-electron chi connectivity index (χ1n) is 10.1. The molecule has 0 fully saturated rings. The van der Waals surface area contributed by atoms with E-state index in [4.69, 9.17) is 4.74 Å². The van der Waals surface area contributed by atoms with Gasteiger partial charge in [0.15, 0.2) is 0 Å². The van der Waals surface area contributed by atoms with E-state index < -0.39 is 11.2 Å². The summed E-state index contributed by atoms with van der Waals surface area (Å²) in [4.78, 5) is 37.3. The summed E-state index contributed by atoms with van der Waals surface area (Å²) in [5.74, 6) is -0.757. The molecule has 0 radical (unpaired) electrons. The van der Waals surface area contributed by atoms with Gasteiger partial charge in [0.1, 0.15) is 5.25 Å². The van der Waals surface area contributed by atoms with Gasteiger partial charge in [-0.2, -0.15) is 0 Å². The van der Waals surface area contributed by atoms with Gasteiger partial charge < -0.3 is 15.4 Å². The number of hydrogen-bond donors (Lipinski definition) is 2. The Morgan fingerprint density at radius 2 is 1.59 bits per heavy atom. The van der Waals surface area contributed by atoms with Crippen molar-refractivity contribution in [2.24, 2.45) is 0 Å². The molecule has 0 heterocycles. The van der Waals surface area contributed by atoms with Gasteiger partial charge in [-0.05, 0) is 55.0 Å². The number of nitrogens with one attached hydrogen (secondary N) is 2. The molecule has 1 atom stereocenters. The van der Waals surface area contributed by atoms with Crippen LogP contribution in [0.15, 0.2) is 83.8 Å². The van der Waals surface area contributed by atoms with Crippen molar-refractivity contribution < 1.29 is 19.1 Å². The second-order valence-electron chi connectivity index (χ2n) is 6.90. The number of benzene rings is 3. The lowest BCUT2D eigenvalue weighted by Gasteiger charge is -2.18. The molecule has 7 heteroatoms. The Hall–Kier alpha value is -3.58. The van der Waals surface area contributed by atoms with Gasteiger partial charge in [-0.3, -0.25) is 9.59 Å². The summed E-state index contributed by atoms with van der Waals surface area (Å²) in [6.45, 7) is 3.50. The second kappa shape index (κ2) is 11.2. The Morgan fingerprint density at radius 1 is 0.875 bits per heavy atom. The maximum Gasteiger partial charge on any atom is 0.338 e. The smallest absolute Gasteiger partial charge is 0.338 e. The van der Waals surface area contributed by atoms with Crippen LogP contribution in [0, 0.1) is 0 Å². The molecule has 3 aromatic carbocycles. The number of hydrogen-bond acceptors (Lipinski definition) is 5. The number of rotatable bonds is 8. The Bertz CT molecular complexity index is 1080. The Labute approximate surface area is 191 Å². The predicted octanol–water partition coefficient (Wildman–Crippen LogP) is 5.29. The van der Waals surface area contributed by atoms with Gasteiger partial charge >= 0.3 is 5.97 Å². The largest absolute Gasteiger partial charge is 0.462 e. The lowest BCUT2D eigenvalue weighted by atomic mass is 10.1. The lowest BCUT2D eigenvalue weighted by Crippen LogP contribution is -2.19. The molecule has 32 heavy (non-hydrogen) atoms. The molecule has 2 N–H and O–H groups in total. The van der Waals surface area contributed by atoms with E-state index >= 15 is 0 Å². The Balaban J connectivity index is 1.79. The van der Waals surface area contributed by atoms with Crippen LogP contribution in [0.4, 0.5) is 11.4 Å². The van der Waals surface area contributed by atoms with Crippen molar-refractivity contribution in [3.05, 3.63) is 90.0 Å². The quantitative estimate of drug-likeness (QED) is 0.361. The van der Waals surface area contributed by atoms with Gasteiger partial charge in [0.25, 0.3) is 0 Å². The zero-order chi connectivity index (χ0) is 22.9. The van der Waals surface area contributed by atoms with Crippen LogP contribution in [-0.4, -0.2) is 24.4 Å². The molecule has 0 saturated heterocycles. The number of carbonyl (C=O) groups is 3. The van der Waals surface area contributed by atoms with Crippen LogP contribution in [0.3, 0.4) is 0 Å². The molecular weight excluding hydrogens is 424 g/mol. The molecule has 164 valence electrons. The highest BCUT2D eigenvalue weighted by Crippen LogP contribution is 2.37. The van der Waals surface area contributed by atoms with E-state index in [1.54, 1.807) is 37.3 Å². The van der Waals surface area contributed by atoms with Crippen LogP contribution in [0.1, 0.15) is 35.0 Å². The van der Waals surface area contributed by atoms with Gasteiger partial charge in [-0.1, -0.05) is 36.4 Å². The molecule has 2 amide bonds. The molecule has 0 saturated carbocycles. The van der Waals surface area contributed by atoms with E-state index in [1.165, 1.54) is 18.7 Å². The summed E-state index contributed by atoms with van der Waals surface area (Å²) < 4.78 is 4.99. The third-order valence-electron chi connectivity index (χ3n) is 4.41. The van der Waals surface area contributed by atoms with E-state index in [9.17, 15) is 14.4 Å². The first kappa shape index (κ1) is 23.1. The Kier molecular flexibility index (Phi) is 8.05. The van der Waals surface area contributed by atoms with Crippen molar-refractivity contribution in [2.75, 3.05) is 17.2 Å². The minimum Gasteiger partial charge on any atom is -0.462 e. The van der Waals surface area contributed by atoms with E-state index in [-0.39, 0.29) is 11.8 Å². The zero-order valence-electron chi connectivity index (χ0n) is 17.8. The predicted molar refractivity (Wildman–Crippen MR) is 127 cm³/mol. The fourth-order valence-electron chi connectivity index (χ4n) is 3.00. The monoisotopic (exact) mass is 448 g/mol. The van der Waals surface area contributed by atoms with Crippen LogP contribution in [0.2, 0.25) is 0 Å². The number of amides is 2. The number of anilines is 2. The van der Waals surface area contributed by atoms with Crippen molar-refractivity contribution in [3.8, 4) is 0 Å². The summed E-state index contributed by atoms with van der Waals surface area (Å²) >= 11 is 1.39. The molecule has 0 aromatic heterocycles. The number of esters is 1. The van der Waals surface area contributed by atoms with E-state index in [1.807, 2.05) is 48.5 Å². The molecule has 3 rings (SSSR count). The van der Waals surface area contributed by atoms with Crippen LogP contribution in [0.5, 0.6) is 0 Å². The molecule has 3 aromatic rings. The minimum atomic E-state index is -0.520. The SMILES string of the molecule is CCOC(=O)c1ccc(NC(=O)C(Sc2cccc(NC(C)=O)c2)c2ccccc2)cc1. The maximum atomic E-state index is 13.2. The number of thioether (sulfide) groups is 1. The van der Waals surface area contributed by atoms with Gasteiger partial charge in [0.05, 0.1) is 12.2 Å². The van der Waals surface area contributed by atoms with Crippen molar-refractivity contribution in [1.29, 1.82) is 0 Å². The summed E-state index contributed by atoms with van der Waals surface area (Å²) in [5, 5.41) is 5.16. The number of ether oxygens (including phenoxy) is 1. The van der Waals surface area contributed by atoms with Gasteiger partial charge in [0.2, 0.25) is 11.8 Å².